The molecule has 1 aromatic carbocycles. The highest BCUT2D eigenvalue weighted by Crippen LogP contribution is 2.23. The fourth-order valence-corrected chi connectivity index (χ4v) is 2.17. The molecule has 1 unspecified atom stereocenters. The molecule has 20 heavy (non-hydrogen) atoms. The molecule has 2 aromatic rings. The molecule has 1 aromatic heterocycles. The molecule has 0 bridgehead atoms. The minimum absolute atomic E-state index is 0.0440. The first-order chi connectivity index (χ1) is 9.41. The maximum absolute atomic E-state index is 12.3. The van der Waals surface area contributed by atoms with E-state index in [-0.39, 0.29) is 24.0 Å². The molecule has 4 heteroatoms. The van der Waals surface area contributed by atoms with Gasteiger partial charge in [-0.05, 0) is 24.0 Å². The second kappa shape index (κ2) is 5.67. The molecule has 2 rings (SSSR count). The van der Waals surface area contributed by atoms with E-state index in [9.17, 15) is 4.79 Å². The maximum Gasteiger partial charge on any atom is 0.287 e. The summed E-state index contributed by atoms with van der Waals surface area (Å²) in [5, 5.41) is 13.0. The lowest BCUT2D eigenvalue weighted by atomic mass is 9.85. The Bertz CT molecular complexity index is 562. The zero-order chi connectivity index (χ0) is 14.8. The number of benzene rings is 1. The van der Waals surface area contributed by atoms with Crippen molar-refractivity contribution in [2.45, 2.75) is 33.2 Å². The molecular formula is C16H21NO3. The highest BCUT2D eigenvalue weighted by Gasteiger charge is 2.27. The molecule has 2 N–H and O–H groups in total. The van der Waals surface area contributed by atoms with Crippen LogP contribution in [0.5, 0.6) is 0 Å². The summed E-state index contributed by atoms with van der Waals surface area (Å²) >= 11 is 0. The number of fused-ring (bicyclic) bond motifs is 1. The van der Waals surface area contributed by atoms with Crippen molar-refractivity contribution in [2.24, 2.45) is 5.41 Å². The first kappa shape index (κ1) is 14.6. The van der Waals surface area contributed by atoms with Crippen LogP contribution in [-0.2, 0) is 0 Å². The average molecular weight is 275 g/mol. The SMILES string of the molecule is CC(C)(C)C(CCO)NC(=O)c1cc2ccccc2o1. The van der Waals surface area contributed by atoms with Crippen LogP contribution in [0, 0.1) is 5.41 Å². The number of carbonyl (C=O) groups is 1. The van der Waals surface area contributed by atoms with Gasteiger partial charge in [0, 0.05) is 18.0 Å². The smallest absolute Gasteiger partial charge is 0.287 e. The van der Waals surface area contributed by atoms with Crippen LogP contribution in [0.2, 0.25) is 0 Å². The summed E-state index contributed by atoms with van der Waals surface area (Å²) in [6.45, 7) is 6.15. The molecule has 0 aliphatic rings. The Labute approximate surface area is 118 Å². The molecule has 4 nitrogen and oxygen atoms in total. The van der Waals surface area contributed by atoms with Crippen LogP contribution in [0.25, 0.3) is 11.0 Å². The van der Waals surface area contributed by atoms with E-state index in [2.05, 4.69) is 5.32 Å². The lowest BCUT2D eigenvalue weighted by Gasteiger charge is -2.30. The van der Waals surface area contributed by atoms with Gasteiger partial charge in [-0.1, -0.05) is 39.0 Å². The van der Waals surface area contributed by atoms with Gasteiger partial charge in [0.2, 0.25) is 0 Å². The van der Waals surface area contributed by atoms with E-state index in [1.165, 1.54) is 0 Å². The van der Waals surface area contributed by atoms with Crippen LogP contribution in [0.3, 0.4) is 0 Å². The van der Waals surface area contributed by atoms with Crippen molar-refractivity contribution < 1.29 is 14.3 Å². The predicted octanol–water partition coefficient (Wildman–Crippen LogP) is 2.96. The van der Waals surface area contributed by atoms with Crippen molar-refractivity contribution in [3.8, 4) is 0 Å². The second-order valence-electron chi connectivity index (χ2n) is 6.05. The van der Waals surface area contributed by atoms with Gasteiger partial charge in [0.1, 0.15) is 5.58 Å². The summed E-state index contributed by atoms with van der Waals surface area (Å²) in [5.41, 5.74) is 0.580. The second-order valence-corrected chi connectivity index (χ2v) is 6.05. The van der Waals surface area contributed by atoms with Crippen LogP contribution in [-0.4, -0.2) is 23.7 Å². The van der Waals surface area contributed by atoms with Gasteiger partial charge in [-0.25, -0.2) is 0 Å². The Balaban J connectivity index is 2.18. The summed E-state index contributed by atoms with van der Waals surface area (Å²) in [4.78, 5) is 12.3. The maximum atomic E-state index is 12.3. The van der Waals surface area contributed by atoms with E-state index < -0.39 is 0 Å². The average Bonchev–Trinajstić information content (AvgIpc) is 2.80. The van der Waals surface area contributed by atoms with Crippen molar-refractivity contribution in [3.05, 3.63) is 36.1 Å². The molecule has 0 spiro atoms. The number of hydrogen-bond donors (Lipinski definition) is 2. The number of para-hydroxylation sites is 1. The van der Waals surface area contributed by atoms with Crippen molar-refractivity contribution in [1.29, 1.82) is 0 Å². The third-order valence-electron chi connectivity index (χ3n) is 3.42. The number of nitrogens with one attached hydrogen (secondary N) is 1. The van der Waals surface area contributed by atoms with Gasteiger partial charge in [0.25, 0.3) is 5.91 Å². The number of furan rings is 1. The molecule has 0 fully saturated rings. The highest BCUT2D eigenvalue weighted by molar-refractivity contribution is 5.96. The van der Waals surface area contributed by atoms with Gasteiger partial charge in [0.05, 0.1) is 0 Å². The Kier molecular flexibility index (Phi) is 4.14. The standard InChI is InChI=1S/C16H21NO3/c1-16(2,3)14(8-9-18)17-15(19)13-10-11-6-4-5-7-12(11)20-13/h4-7,10,14,18H,8-9H2,1-3H3,(H,17,19). The van der Waals surface area contributed by atoms with E-state index in [1.807, 2.05) is 45.0 Å². The molecule has 1 amide bonds. The number of carbonyl (C=O) groups excluding carboxylic acids is 1. The quantitative estimate of drug-likeness (QED) is 0.901. The van der Waals surface area contributed by atoms with E-state index >= 15 is 0 Å². The number of aliphatic hydroxyl groups excluding tert-OH is 1. The van der Waals surface area contributed by atoms with Crippen molar-refractivity contribution in [3.63, 3.8) is 0 Å². The van der Waals surface area contributed by atoms with Crippen LogP contribution < -0.4 is 5.32 Å². The fraction of sp³-hybridized carbons (Fsp3) is 0.438. The highest BCUT2D eigenvalue weighted by atomic mass is 16.3. The topological polar surface area (TPSA) is 62.5 Å². The van der Waals surface area contributed by atoms with Crippen LogP contribution in [0.15, 0.2) is 34.7 Å². The summed E-state index contributed by atoms with van der Waals surface area (Å²) in [7, 11) is 0. The minimum Gasteiger partial charge on any atom is -0.451 e. The molecule has 1 heterocycles. The molecule has 0 aliphatic heterocycles. The zero-order valence-corrected chi connectivity index (χ0v) is 12.1. The van der Waals surface area contributed by atoms with E-state index in [0.29, 0.717) is 17.8 Å². The molecule has 0 saturated heterocycles. The lowest BCUT2D eigenvalue weighted by Crippen LogP contribution is -2.44. The molecule has 0 aliphatic carbocycles. The zero-order valence-electron chi connectivity index (χ0n) is 12.1. The summed E-state index contributed by atoms with van der Waals surface area (Å²) < 4.78 is 5.55. The number of aliphatic hydroxyl groups is 1. The van der Waals surface area contributed by atoms with Gasteiger partial charge in [0.15, 0.2) is 5.76 Å². The van der Waals surface area contributed by atoms with Crippen LogP contribution in [0.1, 0.15) is 37.7 Å². The van der Waals surface area contributed by atoms with E-state index in [1.54, 1.807) is 6.07 Å². The van der Waals surface area contributed by atoms with Gasteiger partial charge in [-0.15, -0.1) is 0 Å². The summed E-state index contributed by atoms with van der Waals surface area (Å²) in [5.74, 6) is 0.0629. The first-order valence-corrected chi connectivity index (χ1v) is 6.82. The molecule has 0 radical (unpaired) electrons. The largest absolute Gasteiger partial charge is 0.451 e. The van der Waals surface area contributed by atoms with Gasteiger partial charge < -0.3 is 14.8 Å². The third kappa shape index (κ3) is 3.20. The van der Waals surface area contributed by atoms with Gasteiger partial charge >= 0.3 is 0 Å². The summed E-state index contributed by atoms with van der Waals surface area (Å²) in [6.07, 6.45) is 0.523. The third-order valence-corrected chi connectivity index (χ3v) is 3.42. The molecule has 108 valence electrons. The number of amides is 1. The predicted molar refractivity (Wildman–Crippen MR) is 78.6 cm³/mol. The Morgan fingerprint density at radius 2 is 2.05 bits per heavy atom. The monoisotopic (exact) mass is 275 g/mol. The first-order valence-electron chi connectivity index (χ1n) is 6.82. The van der Waals surface area contributed by atoms with Gasteiger partial charge in [-0.2, -0.15) is 0 Å². The molecule has 1 atom stereocenters. The number of rotatable bonds is 4. The van der Waals surface area contributed by atoms with Crippen LogP contribution in [0.4, 0.5) is 0 Å². The Hall–Kier alpha value is -1.81. The Morgan fingerprint density at radius 1 is 1.35 bits per heavy atom. The Morgan fingerprint density at radius 3 is 2.65 bits per heavy atom. The molecular weight excluding hydrogens is 254 g/mol. The van der Waals surface area contributed by atoms with Crippen molar-refractivity contribution in [1.82, 2.24) is 5.32 Å². The van der Waals surface area contributed by atoms with E-state index in [0.717, 1.165) is 5.39 Å². The van der Waals surface area contributed by atoms with E-state index in [4.69, 9.17) is 9.52 Å². The van der Waals surface area contributed by atoms with Gasteiger partial charge in [-0.3, -0.25) is 4.79 Å². The fourth-order valence-electron chi connectivity index (χ4n) is 2.17. The lowest BCUT2D eigenvalue weighted by molar-refractivity contribution is 0.0859. The van der Waals surface area contributed by atoms with Crippen LogP contribution >= 0.6 is 0 Å². The summed E-state index contributed by atoms with van der Waals surface area (Å²) in [6, 6.07) is 9.16. The normalized spacial score (nSPS) is 13.4. The minimum atomic E-state index is -0.241. The van der Waals surface area contributed by atoms with Crippen molar-refractivity contribution in [2.75, 3.05) is 6.61 Å². The number of hydrogen-bond acceptors (Lipinski definition) is 3. The molecule has 0 saturated carbocycles. The van der Waals surface area contributed by atoms with Crippen molar-refractivity contribution >= 4 is 16.9 Å².